The minimum Gasteiger partial charge on any atom is -0.293 e. The van der Waals surface area contributed by atoms with E-state index >= 15 is 0 Å². The number of fused-ring (bicyclic) bond motifs is 4. The summed E-state index contributed by atoms with van der Waals surface area (Å²) >= 11 is 0. The van der Waals surface area contributed by atoms with E-state index in [9.17, 15) is 4.79 Å². The van der Waals surface area contributed by atoms with E-state index in [2.05, 4.69) is 85.8 Å². The summed E-state index contributed by atoms with van der Waals surface area (Å²) in [5.41, 5.74) is 9.20. The number of hydrogen-bond donors (Lipinski definition) is 0. The Morgan fingerprint density at radius 1 is 0.594 bits per heavy atom. The third kappa shape index (κ3) is 2.42. The van der Waals surface area contributed by atoms with Crippen molar-refractivity contribution < 1.29 is 4.79 Å². The van der Waals surface area contributed by atoms with Gasteiger partial charge in [-0.25, -0.2) is 0 Å². The molecule has 32 heavy (non-hydrogen) atoms. The van der Waals surface area contributed by atoms with Gasteiger partial charge in [-0.05, 0) is 63.1 Å². The molecule has 0 N–H and O–H groups in total. The van der Waals surface area contributed by atoms with Crippen molar-refractivity contribution in [1.29, 1.82) is 0 Å². The number of benzene rings is 4. The fourth-order valence-corrected chi connectivity index (χ4v) is 5.56. The second-order valence-corrected chi connectivity index (χ2v) is 8.51. The fraction of sp³-hybridized carbons (Fsp3) is 0.0645. The van der Waals surface area contributed by atoms with Gasteiger partial charge in [0.25, 0.3) is 0 Å². The SMILES string of the molecule is Cc1cccc2c1C(c1ccccc1)=C(c1ccccc1)[C@]21C(=O)C=Cc2ccccc21. The smallest absolute Gasteiger partial charge is 0.175 e. The molecule has 0 heterocycles. The van der Waals surface area contributed by atoms with Gasteiger partial charge < -0.3 is 0 Å². The maximum atomic E-state index is 14.1. The standard InChI is InChI=1S/C31H22O/c1-21-11-10-18-26-28(21)29(23-13-4-2-5-14-23)30(24-15-6-3-7-16-24)31(26)25-17-9-8-12-22(25)19-20-27(31)32/h2-20H,1H3/t31-/m0/s1. The Labute approximate surface area is 188 Å². The molecule has 0 unspecified atom stereocenters. The van der Waals surface area contributed by atoms with Gasteiger partial charge in [0.1, 0.15) is 5.41 Å². The predicted molar refractivity (Wildman–Crippen MR) is 131 cm³/mol. The lowest BCUT2D eigenvalue weighted by atomic mass is 9.63. The van der Waals surface area contributed by atoms with Crippen LogP contribution in [0.2, 0.25) is 0 Å². The van der Waals surface area contributed by atoms with Gasteiger partial charge in [-0.1, -0.05) is 109 Å². The van der Waals surface area contributed by atoms with E-state index in [1.54, 1.807) is 6.08 Å². The molecule has 0 fully saturated rings. The molecule has 1 spiro atoms. The molecule has 0 saturated heterocycles. The fourth-order valence-electron chi connectivity index (χ4n) is 5.56. The first kappa shape index (κ1) is 18.8. The molecule has 6 rings (SSSR count). The molecular formula is C31H22O. The van der Waals surface area contributed by atoms with Gasteiger partial charge in [0.15, 0.2) is 5.78 Å². The second-order valence-electron chi connectivity index (χ2n) is 8.51. The molecule has 0 aromatic heterocycles. The van der Waals surface area contributed by atoms with Gasteiger partial charge in [-0.2, -0.15) is 0 Å². The minimum atomic E-state index is -0.862. The van der Waals surface area contributed by atoms with Gasteiger partial charge in [0, 0.05) is 0 Å². The van der Waals surface area contributed by atoms with Crippen LogP contribution in [0.1, 0.15) is 38.9 Å². The highest BCUT2D eigenvalue weighted by atomic mass is 16.1. The highest BCUT2D eigenvalue weighted by Crippen LogP contribution is 2.59. The summed E-state index contributed by atoms with van der Waals surface area (Å²) in [6, 6.07) is 35.6. The van der Waals surface area contributed by atoms with Crippen LogP contribution in [-0.4, -0.2) is 5.78 Å². The zero-order valence-electron chi connectivity index (χ0n) is 17.9. The summed E-state index contributed by atoms with van der Waals surface area (Å²) in [6.45, 7) is 2.15. The molecular weight excluding hydrogens is 388 g/mol. The lowest BCUT2D eigenvalue weighted by Gasteiger charge is -2.36. The summed E-state index contributed by atoms with van der Waals surface area (Å²) in [4.78, 5) is 14.1. The van der Waals surface area contributed by atoms with Crippen molar-refractivity contribution in [3.63, 3.8) is 0 Å². The Morgan fingerprint density at radius 2 is 1.22 bits per heavy atom. The number of ketones is 1. The minimum absolute atomic E-state index is 0.118. The predicted octanol–water partition coefficient (Wildman–Crippen LogP) is 6.85. The van der Waals surface area contributed by atoms with Crippen LogP contribution in [0.3, 0.4) is 0 Å². The quantitative estimate of drug-likeness (QED) is 0.353. The monoisotopic (exact) mass is 410 g/mol. The molecule has 152 valence electrons. The third-order valence-electron chi connectivity index (χ3n) is 6.83. The molecule has 2 aliphatic carbocycles. The van der Waals surface area contributed by atoms with Crippen molar-refractivity contribution in [2.75, 3.05) is 0 Å². The molecule has 1 heteroatoms. The number of allylic oxidation sites excluding steroid dienone is 2. The van der Waals surface area contributed by atoms with Crippen molar-refractivity contribution in [3.8, 4) is 0 Å². The number of aryl methyl sites for hydroxylation is 1. The number of carbonyl (C=O) groups is 1. The topological polar surface area (TPSA) is 17.1 Å². The maximum Gasteiger partial charge on any atom is 0.175 e. The first-order chi connectivity index (χ1) is 15.7. The number of carbonyl (C=O) groups excluding carboxylic acids is 1. The van der Waals surface area contributed by atoms with Gasteiger partial charge in [-0.15, -0.1) is 0 Å². The summed E-state index contributed by atoms with van der Waals surface area (Å²) in [5, 5.41) is 0. The van der Waals surface area contributed by atoms with Crippen LogP contribution in [-0.2, 0) is 10.2 Å². The number of rotatable bonds is 2. The Balaban J connectivity index is 1.86. The molecule has 0 aliphatic heterocycles. The van der Waals surface area contributed by atoms with Crippen molar-refractivity contribution in [1.82, 2.24) is 0 Å². The molecule has 1 nitrogen and oxygen atoms in total. The summed E-state index contributed by atoms with van der Waals surface area (Å²) in [5.74, 6) is 0.118. The molecule has 0 saturated carbocycles. The van der Waals surface area contributed by atoms with E-state index in [4.69, 9.17) is 0 Å². The molecule has 4 aromatic rings. The summed E-state index contributed by atoms with van der Waals surface area (Å²) in [6.07, 6.45) is 3.73. The van der Waals surface area contributed by atoms with E-state index in [-0.39, 0.29) is 5.78 Å². The van der Waals surface area contributed by atoms with E-state index in [1.165, 1.54) is 11.1 Å². The van der Waals surface area contributed by atoms with Crippen LogP contribution < -0.4 is 0 Å². The van der Waals surface area contributed by atoms with Crippen LogP contribution in [0.4, 0.5) is 0 Å². The van der Waals surface area contributed by atoms with Crippen LogP contribution in [0, 0.1) is 6.92 Å². The summed E-state index contributed by atoms with van der Waals surface area (Å²) in [7, 11) is 0. The maximum absolute atomic E-state index is 14.1. The van der Waals surface area contributed by atoms with E-state index in [1.807, 2.05) is 30.3 Å². The van der Waals surface area contributed by atoms with Crippen molar-refractivity contribution >= 4 is 23.0 Å². The van der Waals surface area contributed by atoms with Gasteiger partial charge in [-0.3, -0.25) is 4.79 Å². The molecule has 0 radical (unpaired) electrons. The Kier molecular flexibility index (Phi) is 4.13. The van der Waals surface area contributed by atoms with Gasteiger partial charge >= 0.3 is 0 Å². The normalized spacial score (nSPS) is 18.7. The Bertz CT molecular complexity index is 1420. The molecule has 0 amide bonds. The van der Waals surface area contributed by atoms with Crippen LogP contribution >= 0.6 is 0 Å². The zero-order valence-corrected chi connectivity index (χ0v) is 17.9. The molecule has 1 atom stereocenters. The lowest BCUT2D eigenvalue weighted by molar-refractivity contribution is -0.116. The van der Waals surface area contributed by atoms with Crippen molar-refractivity contribution in [2.24, 2.45) is 0 Å². The summed E-state index contributed by atoms with van der Waals surface area (Å²) < 4.78 is 0. The largest absolute Gasteiger partial charge is 0.293 e. The van der Waals surface area contributed by atoms with Crippen LogP contribution in [0.25, 0.3) is 17.2 Å². The second kappa shape index (κ2) is 7.03. The van der Waals surface area contributed by atoms with E-state index in [0.717, 1.165) is 39.0 Å². The van der Waals surface area contributed by atoms with Gasteiger partial charge in [0.05, 0.1) is 0 Å². The molecule has 0 bridgehead atoms. The number of hydrogen-bond acceptors (Lipinski definition) is 1. The lowest BCUT2D eigenvalue weighted by Crippen LogP contribution is -2.38. The van der Waals surface area contributed by atoms with Gasteiger partial charge in [0.2, 0.25) is 0 Å². The average molecular weight is 411 g/mol. The Morgan fingerprint density at radius 3 is 1.97 bits per heavy atom. The third-order valence-corrected chi connectivity index (χ3v) is 6.83. The first-order valence-electron chi connectivity index (χ1n) is 11.0. The van der Waals surface area contributed by atoms with Crippen molar-refractivity contribution in [3.05, 3.63) is 148 Å². The van der Waals surface area contributed by atoms with Crippen LogP contribution in [0.15, 0.2) is 109 Å². The van der Waals surface area contributed by atoms with Crippen LogP contribution in [0.5, 0.6) is 0 Å². The van der Waals surface area contributed by atoms with E-state index < -0.39 is 5.41 Å². The Hall–Kier alpha value is -3.97. The van der Waals surface area contributed by atoms with Crippen molar-refractivity contribution in [2.45, 2.75) is 12.3 Å². The molecule has 4 aromatic carbocycles. The zero-order chi connectivity index (χ0) is 21.7. The molecule has 2 aliphatic rings. The first-order valence-corrected chi connectivity index (χ1v) is 11.0. The average Bonchev–Trinajstić information content (AvgIpc) is 3.16. The van der Waals surface area contributed by atoms with E-state index in [0.29, 0.717) is 0 Å². The highest BCUT2D eigenvalue weighted by Gasteiger charge is 2.53. The highest BCUT2D eigenvalue weighted by molar-refractivity contribution is 6.25.